The van der Waals surface area contributed by atoms with E-state index in [2.05, 4.69) is 27.5 Å². The molecule has 1 saturated carbocycles. The van der Waals surface area contributed by atoms with Crippen molar-refractivity contribution >= 4 is 23.3 Å². The van der Waals surface area contributed by atoms with Gasteiger partial charge in [-0.25, -0.2) is 4.79 Å². The number of fused-ring (bicyclic) bond motifs is 2. The van der Waals surface area contributed by atoms with Gasteiger partial charge in [-0.1, -0.05) is 18.9 Å². The maximum atomic E-state index is 13.0. The Labute approximate surface area is 167 Å². The molecule has 6 heteroatoms. The van der Waals surface area contributed by atoms with Gasteiger partial charge in [0.05, 0.1) is 0 Å². The van der Waals surface area contributed by atoms with Crippen LogP contribution in [0.25, 0.3) is 0 Å². The lowest BCUT2D eigenvalue weighted by atomic mass is 10.1. The molecule has 2 N–H and O–H groups in total. The molecule has 0 aromatic heterocycles. The van der Waals surface area contributed by atoms with Gasteiger partial charge in [-0.3, -0.25) is 4.79 Å². The molecule has 1 aliphatic carbocycles. The fourth-order valence-corrected chi connectivity index (χ4v) is 5.02. The van der Waals surface area contributed by atoms with Gasteiger partial charge in [0.15, 0.2) is 0 Å². The quantitative estimate of drug-likeness (QED) is 0.833. The number of nitrogens with one attached hydrogen (secondary N) is 2. The number of amides is 3. The standard InChI is InChI=1S/C22H32N4O2/c1-15-7-8-17(13-20(15)24-21(27)16-5-3-4-6-16)23-22(28)26-18-9-10-19(26)14-25(2)12-11-18/h7-8,13,16,18-19H,3-6,9-12,14H2,1-2H3,(H,23,28)(H,24,27)/t18-,19+/m1/s1. The number of carbonyl (C=O) groups excluding carboxylic acids is 2. The molecule has 0 spiro atoms. The van der Waals surface area contributed by atoms with Crippen molar-refractivity contribution in [1.82, 2.24) is 9.80 Å². The smallest absolute Gasteiger partial charge is 0.322 e. The van der Waals surface area contributed by atoms with Crippen molar-refractivity contribution in [3.63, 3.8) is 0 Å². The molecule has 28 heavy (non-hydrogen) atoms. The normalized spacial score (nSPS) is 25.6. The number of aryl methyl sites for hydroxylation is 1. The molecule has 3 fully saturated rings. The minimum Gasteiger partial charge on any atom is -0.326 e. The molecule has 3 aliphatic rings. The lowest BCUT2D eigenvalue weighted by molar-refractivity contribution is -0.119. The summed E-state index contributed by atoms with van der Waals surface area (Å²) in [5.74, 6) is 0.236. The zero-order valence-electron chi connectivity index (χ0n) is 17.0. The van der Waals surface area contributed by atoms with Gasteiger partial charge in [-0.15, -0.1) is 0 Å². The Hall–Kier alpha value is -2.08. The molecule has 0 radical (unpaired) electrons. The van der Waals surface area contributed by atoms with Crippen LogP contribution in [0.5, 0.6) is 0 Å². The van der Waals surface area contributed by atoms with Gasteiger partial charge >= 0.3 is 6.03 Å². The Bertz CT molecular complexity index is 744. The van der Waals surface area contributed by atoms with Crippen LogP contribution in [0.2, 0.25) is 0 Å². The van der Waals surface area contributed by atoms with Crippen LogP contribution >= 0.6 is 0 Å². The topological polar surface area (TPSA) is 64.7 Å². The Morgan fingerprint density at radius 3 is 2.54 bits per heavy atom. The van der Waals surface area contributed by atoms with Crippen LogP contribution in [0.3, 0.4) is 0 Å². The number of anilines is 2. The van der Waals surface area contributed by atoms with E-state index in [0.717, 1.165) is 75.0 Å². The Balaban J connectivity index is 1.44. The molecular weight excluding hydrogens is 352 g/mol. The number of urea groups is 1. The molecule has 0 unspecified atom stereocenters. The van der Waals surface area contributed by atoms with E-state index in [0.29, 0.717) is 12.1 Å². The van der Waals surface area contributed by atoms with Crippen molar-refractivity contribution in [2.75, 3.05) is 30.8 Å². The summed E-state index contributed by atoms with van der Waals surface area (Å²) in [6.07, 6.45) is 7.46. The Kier molecular flexibility index (Phi) is 5.58. The minimum absolute atomic E-state index is 0.0141. The average molecular weight is 385 g/mol. The zero-order valence-corrected chi connectivity index (χ0v) is 17.0. The lowest BCUT2D eigenvalue weighted by Gasteiger charge is -2.28. The van der Waals surface area contributed by atoms with Crippen LogP contribution < -0.4 is 10.6 Å². The Morgan fingerprint density at radius 1 is 1.00 bits per heavy atom. The van der Waals surface area contributed by atoms with Gasteiger partial charge in [0.1, 0.15) is 0 Å². The molecule has 2 heterocycles. The molecule has 6 nitrogen and oxygen atoms in total. The third-order valence-corrected chi connectivity index (χ3v) is 6.69. The van der Waals surface area contributed by atoms with Crippen molar-refractivity contribution in [3.8, 4) is 0 Å². The second kappa shape index (κ2) is 8.11. The number of rotatable bonds is 3. The first-order valence-corrected chi connectivity index (χ1v) is 10.7. The highest BCUT2D eigenvalue weighted by Crippen LogP contribution is 2.31. The summed E-state index contributed by atoms with van der Waals surface area (Å²) >= 11 is 0. The van der Waals surface area contributed by atoms with Crippen molar-refractivity contribution in [2.24, 2.45) is 5.92 Å². The van der Waals surface area contributed by atoms with Gasteiger partial charge in [0, 0.05) is 35.9 Å². The third-order valence-electron chi connectivity index (χ3n) is 6.69. The summed E-state index contributed by atoms with van der Waals surface area (Å²) in [4.78, 5) is 29.9. The van der Waals surface area contributed by atoms with Gasteiger partial charge in [-0.2, -0.15) is 0 Å². The summed E-state index contributed by atoms with van der Waals surface area (Å²) in [6, 6.07) is 6.40. The first-order chi connectivity index (χ1) is 13.5. The van der Waals surface area contributed by atoms with Crippen LogP contribution in [-0.2, 0) is 4.79 Å². The van der Waals surface area contributed by atoms with E-state index in [9.17, 15) is 9.59 Å². The minimum atomic E-state index is -0.0141. The van der Waals surface area contributed by atoms with E-state index >= 15 is 0 Å². The highest BCUT2D eigenvalue weighted by atomic mass is 16.2. The fraction of sp³-hybridized carbons (Fsp3) is 0.636. The molecule has 1 aromatic carbocycles. The van der Waals surface area contributed by atoms with Crippen molar-refractivity contribution in [2.45, 2.75) is 64.0 Å². The summed E-state index contributed by atoms with van der Waals surface area (Å²) in [5.41, 5.74) is 2.56. The number of carbonyl (C=O) groups is 2. The second-order valence-corrected chi connectivity index (χ2v) is 8.77. The van der Waals surface area contributed by atoms with Gasteiger partial charge in [0.2, 0.25) is 5.91 Å². The van der Waals surface area contributed by atoms with Crippen LogP contribution in [0.15, 0.2) is 18.2 Å². The van der Waals surface area contributed by atoms with Crippen LogP contribution in [0.1, 0.15) is 50.5 Å². The molecule has 2 aliphatic heterocycles. The van der Waals surface area contributed by atoms with E-state index in [1.54, 1.807) is 0 Å². The van der Waals surface area contributed by atoms with Gasteiger partial charge < -0.3 is 20.4 Å². The predicted molar refractivity (Wildman–Crippen MR) is 112 cm³/mol. The first-order valence-electron chi connectivity index (χ1n) is 10.7. The number of likely N-dealkylation sites (tertiary alicyclic amines) is 1. The van der Waals surface area contributed by atoms with Gasteiger partial charge in [0.25, 0.3) is 0 Å². The molecule has 4 rings (SSSR count). The van der Waals surface area contributed by atoms with E-state index in [1.807, 2.05) is 25.1 Å². The lowest BCUT2D eigenvalue weighted by Crippen LogP contribution is -2.45. The number of likely N-dealkylation sites (N-methyl/N-ethyl adjacent to an activating group) is 1. The van der Waals surface area contributed by atoms with E-state index in [4.69, 9.17) is 0 Å². The highest BCUT2D eigenvalue weighted by Gasteiger charge is 2.39. The summed E-state index contributed by atoms with van der Waals surface area (Å²) in [6.45, 7) is 3.98. The monoisotopic (exact) mass is 384 g/mol. The van der Waals surface area contributed by atoms with Crippen molar-refractivity contribution in [1.29, 1.82) is 0 Å². The van der Waals surface area contributed by atoms with Crippen molar-refractivity contribution in [3.05, 3.63) is 23.8 Å². The molecule has 152 valence electrons. The molecule has 3 amide bonds. The molecular formula is C22H32N4O2. The number of hydrogen-bond acceptors (Lipinski definition) is 3. The summed E-state index contributed by atoms with van der Waals surface area (Å²) < 4.78 is 0. The third kappa shape index (κ3) is 4.02. The average Bonchev–Trinajstić information content (AvgIpc) is 3.28. The van der Waals surface area contributed by atoms with Crippen molar-refractivity contribution < 1.29 is 9.59 Å². The largest absolute Gasteiger partial charge is 0.326 e. The van der Waals surface area contributed by atoms with Crippen LogP contribution in [0, 0.1) is 12.8 Å². The zero-order chi connectivity index (χ0) is 19.7. The molecule has 2 saturated heterocycles. The van der Waals surface area contributed by atoms with Crippen LogP contribution in [-0.4, -0.2) is 54.0 Å². The summed E-state index contributed by atoms with van der Waals surface area (Å²) in [5, 5.41) is 6.16. The molecule has 2 bridgehead atoms. The Morgan fingerprint density at radius 2 is 1.75 bits per heavy atom. The van der Waals surface area contributed by atoms with E-state index in [-0.39, 0.29) is 17.9 Å². The molecule has 1 aromatic rings. The predicted octanol–water partition coefficient (Wildman–Crippen LogP) is 3.82. The van der Waals surface area contributed by atoms with E-state index in [1.165, 1.54) is 0 Å². The van der Waals surface area contributed by atoms with Gasteiger partial charge in [-0.05, 0) is 70.3 Å². The second-order valence-electron chi connectivity index (χ2n) is 8.77. The molecule has 2 atom stereocenters. The maximum absolute atomic E-state index is 13.0. The SMILES string of the molecule is Cc1ccc(NC(=O)N2[C@@H]3CC[C@H]2CN(C)CC3)cc1NC(=O)C1CCCC1. The number of nitrogens with zero attached hydrogens (tertiary/aromatic N) is 2. The summed E-state index contributed by atoms with van der Waals surface area (Å²) in [7, 11) is 2.13. The van der Waals surface area contributed by atoms with E-state index < -0.39 is 0 Å². The van der Waals surface area contributed by atoms with Crippen LogP contribution in [0.4, 0.5) is 16.2 Å². The number of hydrogen-bond donors (Lipinski definition) is 2. The number of benzene rings is 1. The maximum Gasteiger partial charge on any atom is 0.322 e. The first kappa shape index (κ1) is 19.2. The fourth-order valence-electron chi connectivity index (χ4n) is 5.02. The highest BCUT2D eigenvalue weighted by molar-refractivity contribution is 5.95.